The van der Waals surface area contributed by atoms with Gasteiger partial charge in [-0.2, -0.15) is 0 Å². The third-order valence-electron chi connectivity index (χ3n) is 8.95. The SMILES string of the molecule is CCCCCCCCCCOCCC[N+](CCCOCCCCCCCCCC)(CN1CCCC1=O)c1ccccc1. The standard InChI is InChI=1S/C37H67N2O3/c1-3-5-7-9-11-13-15-20-31-41-33-23-29-39(36-25-18-17-19-26-36,35-38-28-22-27-37(38)40)30-24-34-42-32-21-16-14-12-10-8-6-4-2/h17-19,25-26H,3-16,20-24,27-35H2,1-2H3/q+1. The van der Waals surface area contributed by atoms with Crippen LogP contribution in [-0.2, 0) is 14.3 Å². The highest BCUT2D eigenvalue weighted by Gasteiger charge is 2.35. The Labute approximate surface area is 260 Å². The Kier molecular flexibility index (Phi) is 21.8. The Balaban J connectivity index is 1.78. The summed E-state index contributed by atoms with van der Waals surface area (Å²) in [6, 6.07) is 10.9. The van der Waals surface area contributed by atoms with Gasteiger partial charge in [-0.05, 0) is 31.4 Å². The number of benzene rings is 1. The number of nitrogens with zero attached hydrogens (tertiary/aromatic N) is 2. The molecule has 1 fully saturated rings. The van der Waals surface area contributed by atoms with Crippen molar-refractivity contribution in [1.82, 2.24) is 9.38 Å². The van der Waals surface area contributed by atoms with Crippen molar-refractivity contribution >= 4 is 11.6 Å². The number of hydrogen-bond acceptors (Lipinski definition) is 3. The number of hydrogen-bond donors (Lipinski definition) is 0. The van der Waals surface area contributed by atoms with Gasteiger partial charge in [-0.3, -0.25) is 14.2 Å². The first-order chi connectivity index (χ1) is 20.7. The average Bonchev–Trinajstić information content (AvgIpc) is 3.42. The van der Waals surface area contributed by atoms with E-state index in [-0.39, 0.29) is 0 Å². The van der Waals surface area contributed by atoms with Crippen LogP contribution in [0.25, 0.3) is 0 Å². The van der Waals surface area contributed by atoms with Crippen LogP contribution in [0.15, 0.2) is 30.3 Å². The number of carbonyl (C=O) groups is 1. The number of para-hydroxylation sites is 1. The minimum atomic E-state index is 0.310. The van der Waals surface area contributed by atoms with Gasteiger partial charge >= 0.3 is 0 Å². The molecule has 0 N–H and O–H groups in total. The molecular weight excluding hydrogens is 520 g/mol. The number of ether oxygens (including phenoxy) is 2. The van der Waals surface area contributed by atoms with Gasteiger partial charge < -0.3 is 9.47 Å². The number of likely N-dealkylation sites (tertiary alicyclic amines) is 1. The summed E-state index contributed by atoms with van der Waals surface area (Å²) in [5.74, 6) is 0.310. The molecule has 0 saturated carbocycles. The van der Waals surface area contributed by atoms with Crippen LogP contribution < -0.4 is 4.48 Å². The zero-order chi connectivity index (χ0) is 30.0. The highest BCUT2D eigenvalue weighted by atomic mass is 16.5. The predicted molar refractivity (Wildman–Crippen MR) is 180 cm³/mol. The van der Waals surface area contributed by atoms with Crippen molar-refractivity contribution in [2.24, 2.45) is 0 Å². The molecule has 5 nitrogen and oxygen atoms in total. The molecule has 1 aliphatic rings. The second-order valence-electron chi connectivity index (χ2n) is 12.7. The van der Waals surface area contributed by atoms with E-state index < -0.39 is 0 Å². The molecule has 0 spiro atoms. The van der Waals surface area contributed by atoms with Crippen molar-refractivity contribution in [1.29, 1.82) is 0 Å². The topological polar surface area (TPSA) is 38.8 Å². The largest absolute Gasteiger partial charge is 0.381 e. The van der Waals surface area contributed by atoms with Gasteiger partial charge in [0.1, 0.15) is 5.69 Å². The Morgan fingerprint density at radius 1 is 0.619 bits per heavy atom. The van der Waals surface area contributed by atoms with Crippen molar-refractivity contribution < 1.29 is 14.3 Å². The van der Waals surface area contributed by atoms with E-state index in [1.54, 1.807) is 0 Å². The normalized spacial score (nSPS) is 13.9. The number of rotatable bonds is 29. The van der Waals surface area contributed by atoms with Crippen LogP contribution in [0.2, 0.25) is 0 Å². The zero-order valence-electron chi connectivity index (χ0n) is 27.8. The second-order valence-corrected chi connectivity index (χ2v) is 12.7. The lowest BCUT2D eigenvalue weighted by atomic mass is 10.1. The summed E-state index contributed by atoms with van der Waals surface area (Å²) >= 11 is 0. The van der Waals surface area contributed by atoms with E-state index in [9.17, 15) is 4.79 Å². The molecule has 0 bridgehead atoms. The Bertz CT molecular complexity index is 729. The van der Waals surface area contributed by atoms with E-state index in [0.29, 0.717) is 12.3 Å². The molecule has 1 aromatic carbocycles. The fraction of sp³-hybridized carbons (Fsp3) is 0.811. The first kappa shape index (κ1) is 36.8. The number of unbranched alkanes of at least 4 members (excludes halogenated alkanes) is 14. The lowest BCUT2D eigenvalue weighted by Crippen LogP contribution is -2.57. The molecule has 1 amide bonds. The lowest BCUT2D eigenvalue weighted by Gasteiger charge is -2.41. The van der Waals surface area contributed by atoms with Crippen molar-refractivity contribution in [2.45, 2.75) is 142 Å². The lowest BCUT2D eigenvalue weighted by molar-refractivity contribution is -0.129. The van der Waals surface area contributed by atoms with Crippen molar-refractivity contribution in [3.05, 3.63) is 30.3 Å². The van der Waals surface area contributed by atoms with Gasteiger partial charge in [0, 0.05) is 39.0 Å². The molecule has 1 saturated heterocycles. The van der Waals surface area contributed by atoms with Crippen LogP contribution in [0.1, 0.15) is 142 Å². The van der Waals surface area contributed by atoms with Crippen LogP contribution in [0.4, 0.5) is 5.69 Å². The average molecular weight is 588 g/mol. The first-order valence-corrected chi connectivity index (χ1v) is 18.1. The number of carbonyl (C=O) groups excluding carboxylic acids is 1. The Hall–Kier alpha value is -1.43. The molecule has 0 aliphatic carbocycles. The molecule has 1 aromatic rings. The van der Waals surface area contributed by atoms with E-state index in [4.69, 9.17) is 9.47 Å². The van der Waals surface area contributed by atoms with Crippen LogP contribution in [-0.4, -0.2) is 63.5 Å². The molecule has 42 heavy (non-hydrogen) atoms. The summed E-state index contributed by atoms with van der Waals surface area (Å²) in [5, 5.41) is 0. The van der Waals surface area contributed by atoms with Gasteiger partial charge in [-0.25, -0.2) is 0 Å². The van der Waals surface area contributed by atoms with Crippen LogP contribution in [0.5, 0.6) is 0 Å². The van der Waals surface area contributed by atoms with Gasteiger partial charge in [0.05, 0.1) is 26.3 Å². The minimum absolute atomic E-state index is 0.310. The Morgan fingerprint density at radius 2 is 1.07 bits per heavy atom. The molecular formula is C37H67N2O3+. The van der Waals surface area contributed by atoms with Gasteiger partial charge in [0.15, 0.2) is 6.67 Å². The summed E-state index contributed by atoms with van der Waals surface area (Å²) in [6.45, 7) is 11.5. The molecule has 0 radical (unpaired) electrons. The summed E-state index contributed by atoms with van der Waals surface area (Å²) in [5.41, 5.74) is 1.31. The van der Waals surface area contributed by atoms with Crippen molar-refractivity contribution in [3.8, 4) is 0 Å². The van der Waals surface area contributed by atoms with Gasteiger partial charge in [-0.1, -0.05) is 122 Å². The minimum Gasteiger partial charge on any atom is -0.381 e. The van der Waals surface area contributed by atoms with E-state index in [0.717, 1.165) is 76.5 Å². The maximum Gasteiger partial charge on any atom is 0.226 e. The van der Waals surface area contributed by atoms with E-state index in [1.807, 2.05) is 0 Å². The van der Waals surface area contributed by atoms with Gasteiger partial charge in [-0.15, -0.1) is 0 Å². The number of quaternary nitrogens is 1. The van der Waals surface area contributed by atoms with Crippen LogP contribution in [0, 0.1) is 0 Å². The Morgan fingerprint density at radius 3 is 1.52 bits per heavy atom. The second kappa shape index (κ2) is 25.0. The summed E-state index contributed by atoms with van der Waals surface area (Å²) < 4.78 is 13.0. The van der Waals surface area contributed by atoms with Crippen molar-refractivity contribution in [2.75, 3.05) is 52.7 Å². The molecule has 242 valence electrons. The molecule has 0 atom stereocenters. The highest BCUT2D eigenvalue weighted by molar-refractivity contribution is 5.78. The predicted octanol–water partition coefficient (Wildman–Crippen LogP) is 9.67. The van der Waals surface area contributed by atoms with E-state index in [2.05, 4.69) is 49.1 Å². The maximum absolute atomic E-state index is 12.7. The molecule has 1 aliphatic heterocycles. The molecule has 0 aromatic heterocycles. The molecule has 1 heterocycles. The smallest absolute Gasteiger partial charge is 0.226 e. The highest BCUT2D eigenvalue weighted by Crippen LogP contribution is 2.27. The van der Waals surface area contributed by atoms with E-state index in [1.165, 1.54) is 108 Å². The third-order valence-corrected chi connectivity index (χ3v) is 8.95. The summed E-state index contributed by atoms with van der Waals surface area (Å²) in [4.78, 5) is 14.8. The summed E-state index contributed by atoms with van der Waals surface area (Å²) in [6.07, 6.45) is 25.0. The molecule has 0 unspecified atom stereocenters. The zero-order valence-corrected chi connectivity index (χ0v) is 27.8. The van der Waals surface area contributed by atoms with Crippen molar-refractivity contribution in [3.63, 3.8) is 0 Å². The fourth-order valence-corrected chi connectivity index (χ4v) is 6.34. The molecule has 5 heteroatoms. The summed E-state index contributed by atoms with van der Waals surface area (Å²) in [7, 11) is 0. The number of amides is 1. The monoisotopic (exact) mass is 588 g/mol. The third kappa shape index (κ3) is 16.4. The first-order valence-electron chi connectivity index (χ1n) is 18.1. The van der Waals surface area contributed by atoms with Gasteiger partial charge in [0.25, 0.3) is 0 Å². The van der Waals surface area contributed by atoms with Crippen LogP contribution in [0.3, 0.4) is 0 Å². The van der Waals surface area contributed by atoms with Crippen LogP contribution >= 0.6 is 0 Å². The molecule has 2 rings (SSSR count). The van der Waals surface area contributed by atoms with Gasteiger partial charge in [0.2, 0.25) is 5.91 Å². The van der Waals surface area contributed by atoms with E-state index >= 15 is 0 Å². The quantitative estimate of drug-likeness (QED) is 0.0692. The fourth-order valence-electron chi connectivity index (χ4n) is 6.34. The maximum atomic E-state index is 12.7.